The van der Waals surface area contributed by atoms with Gasteiger partial charge in [-0.3, -0.25) is 4.79 Å². The Kier molecular flexibility index (Phi) is 5.32. The summed E-state index contributed by atoms with van der Waals surface area (Å²) >= 11 is 0. The smallest absolute Gasteiger partial charge is 0.329 e. The maximum Gasteiger partial charge on any atom is 0.329 e. The molecule has 2 unspecified atom stereocenters. The second kappa shape index (κ2) is 6.75. The summed E-state index contributed by atoms with van der Waals surface area (Å²) < 4.78 is 4.97. The van der Waals surface area contributed by atoms with Crippen molar-refractivity contribution in [2.24, 2.45) is 0 Å². The lowest BCUT2D eigenvalue weighted by Crippen LogP contribution is -2.44. The summed E-state index contributed by atoms with van der Waals surface area (Å²) in [7, 11) is 1.51. The molecule has 0 aromatic heterocycles. The highest BCUT2D eigenvalue weighted by Gasteiger charge is 2.28. The van der Waals surface area contributed by atoms with Crippen molar-refractivity contribution in [3.05, 3.63) is 29.8 Å². The van der Waals surface area contributed by atoms with Gasteiger partial charge in [0.1, 0.15) is 11.9 Å². The maximum absolute atomic E-state index is 11.3. The Morgan fingerprint density at radius 1 is 1.32 bits per heavy atom. The van der Waals surface area contributed by atoms with Crippen LogP contribution in [-0.2, 0) is 9.59 Å². The lowest BCUT2D eigenvalue weighted by molar-refractivity contribution is -0.145. The van der Waals surface area contributed by atoms with Crippen LogP contribution >= 0.6 is 0 Å². The van der Waals surface area contributed by atoms with E-state index in [4.69, 9.17) is 9.84 Å². The Hall–Kier alpha value is -2.08. The molecule has 0 aliphatic heterocycles. The van der Waals surface area contributed by atoms with Crippen molar-refractivity contribution in [1.82, 2.24) is 5.32 Å². The highest BCUT2D eigenvalue weighted by atomic mass is 16.5. The van der Waals surface area contributed by atoms with Crippen LogP contribution in [0.5, 0.6) is 5.75 Å². The number of hydrogen-bond acceptors (Lipinski definition) is 4. The number of hydrogen-bond donors (Lipinski definition) is 3. The summed E-state index contributed by atoms with van der Waals surface area (Å²) in [6, 6.07) is 4.95. The van der Waals surface area contributed by atoms with Crippen molar-refractivity contribution >= 4 is 11.9 Å². The van der Waals surface area contributed by atoms with E-state index in [0.717, 1.165) is 0 Å². The highest BCUT2D eigenvalue weighted by Crippen LogP contribution is 2.20. The van der Waals surface area contributed by atoms with Gasteiger partial charge in [0.25, 0.3) is 0 Å². The Morgan fingerprint density at radius 2 is 1.89 bits per heavy atom. The van der Waals surface area contributed by atoms with Crippen LogP contribution in [0.4, 0.5) is 0 Å². The quantitative estimate of drug-likeness (QED) is 0.705. The maximum atomic E-state index is 11.3. The van der Waals surface area contributed by atoms with E-state index in [9.17, 15) is 14.7 Å². The molecule has 0 saturated carbocycles. The lowest BCUT2D eigenvalue weighted by Gasteiger charge is -2.20. The number of nitrogens with one attached hydrogen (secondary N) is 1. The van der Waals surface area contributed by atoms with Gasteiger partial charge in [0.2, 0.25) is 5.91 Å². The Bertz CT molecular complexity index is 443. The van der Waals surface area contributed by atoms with Gasteiger partial charge in [0.15, 0.2) is 6.04 Å². The van der Waals surface area contributed by atoms with Gasteiger partial charge in [-0.25, -0.2) is 4.79 Å². The fourth-order valence-corrected chi connectivity index (χ4v) is 1.54. The molecule has 1 rings (SSSR count). The topological polar surface area (TPSA) is 95.9 Å². The molecule has 0 aliphatic carbocycles. The summed E-state index contributed by atoms with van der Waals surface area (Å²) in [6.45, 7) is 1.61. The molecule has 1 amide bonds. The normalized spacial score (nSPS) is 13.4. The van der Waals surface area contributed by atoms with Crippen molar-refractivity contribution in [3.63, 3.8) is 0 Å². The molecule has 0 radical (unpaired) electrons. The van der Waals surface area contributed by atoms with Gasteiger partial charge in [-0.1, -0.05) is 19.1 Å². The fourth-order valence-electron chi connectivity index (χ4n) is 1.54. The zero-order valence-corrected chi connectivity index (χ0v) is 10.8. The number of methoxy groups -OCH3 is 1. The Balaban J connectivity index is 2.88. The molecule has 0 saturated heterocycles. The summed E-state index contributed by atoms with van der Waals surface area (Å²) in [5.41, 5.74) is 0.393. The van der Waals surface area contributed by atoms with E-state index in [2.05, 4.69) is 5.32 Å². The Labute approximate surface area is 111 Å². The van der Waals surface area contributed by atoms with Crippen molar-refractivity contribution < 1.29 is 24.5 Å². The lowest BCUT2D eigenvalue weighted by atomic mass is 10.0. The molecule has 0 aliphatic rings. The average molecular weight is 267 g/mol. The van der Waals surface area contributed by atoms with E-state index < -0.39 is 24.0 Å². The van der Waals surface area contributed by atoms with Crippen LogP contribution in [0.25, 0.3) is 0 Å². The monoisotopic (exact) mass is 267 g/mol. The SMILES string of the molecule is CCC(=O)NC(C(=O)O)C(O)c1ccc(OC)cc1. The number of carboxylic acid groups (broad SMARTS) is 1. The third-order valence-electron chi connectivity index (χ3n) is 2.68. The second-order valence-corrected chi connectivity index (χ2v) is 3.95. The fraction of sp³-hybridized carbons (Fsp3) is 0.385. The summed E-state index contributed by atoms with van der Waals surface area (Å²) in [5, 5.41) is 21.3. The van der Waals surface area contributed by atoms with Gasteiger partial charge < -0.3 is 20.3 Å². The molecule has 19 heavy (non-hydrogen) atoms. The molecule has 1 aromatic carbocycles. The molecule has 6 heteroatoms. The number of benzene rings is 1. The number of rotatable bonds is 6. The van der Waals surface area contributed by atoms with Crippen LogP contribution in [-0.4, -0.2) is 35.2 Å². The third-order valence-corrected chi connectivity index (χ3v) is 2.68. The van der Waals surface area contributed by atoms with Gasteiger partial charge in [-0.2, -0.15) is 0 Å². The third kappa shape index (κ3) is 3.96. The largest absolute Gasteiger partial charge is 0.497 e. The van der Waals surface area contributed by atoms with Crippen LogP contribution in [0.2, 0.25) is 0 Å². The second-order valence-electron chi connectivity index (χ2n) is 3.95. The predicted octanol–water partition coefficient (Wildman–Crippen LogP) is 0.708. The minimum atomic E-state index is -1.37. The number of aliphatic hydroxyl groups excluding tert-OH is 1. The van der Waals surface area contributed by atoms with Gasteiger partial charge >= 0.3 is 5.97 Å². The van der Waals surface area contributed by atoms with E-state index in [-0.39, 0.29) is 6.42 Å². The van der Waals surface area contributed by atoms with Gasteiger partial charge in [0.05, 0.1) is 7.11 Å². The van der Waals surface area contributed by atoms with Crippen LogP contribution in [0.1, 0.15) is 25.0 Å². The molecule has 0 heterocycles. The average Bonchev–Trinajstić information content (AvgIpc) is 2.43. The van der Waals surface area contributed by atoms with Crippen LogP contribution in [0.15, 0.2) is 24.3 Å². The van der Waals surface area contributed by atoms with Gasteiger partial charge in [-0.15, -0.1) is 0 Å². The van der Waals surface area contributed by atoms with Crippen LogP contribution in [0, 0.1) is 0 Å². The molecule has 3 N–H and O–H groups in total. The van der Waals surface area contributed by atoms with Crippen molar-refractivity contribution in [3.8, 4) is 5.75 Å². The van der Waals surface area contributed by atoms with Crippen molar-refractivity contribution in [1.29, 1.82) is 0 Å². The number of ether oxygens (including phenoxy) is 1. The first kappa shape index (κ1) is 15.0. The standard InChI is InChI=1S/C13H17NO5/c1-3-10(15)14-11(13(17)18)12(16)8-4-6-9(19-2)7-5-8/h4-7,11-12,16H,3H2,1-2H3,(H,14,15)(H,17,18). The van der Waals surface area contributed by atoms with E-state index >= 15 is 0 Å². The predicted molar refractivity (Wildman–Crippen MR) is 67.8 cm³/mol. The number of aliphatic hydroxyl groups is 1. The van der Waals surface area contributed by atoms with Crippen molar-refractivity contribution in [2.45, 2.75) is 25.5 Å². The molecule has 2 atom stereocenters. The number of carboxylic acids is 1. The molecule has 0 bridgehead atoms. The van der Waals surface area contributed by atoms with Crippen LogP contribution < -0.4 is 10.1 Å². The summed E-state index contributed by atoms with van der Waals surface area (Å²) in [6.07, 6.45) is -1.17. The first-order valence-corrected chi connectivity index (χ1v) is 5.83. The number of carbonyl (C=O) groups excluding carboxylic acids is 1. The molecular formula is C13H17NO5. The minimum Gasteiger partial charge on any atom is -0.497 e. The number of amides is 1. The Morgan fingerprint density at radius 3 is 2.32 bits per heavy atom. The molecule has 104 valence electrons. The first-order valence-electron chi connectivity index (χ1n) is 5.83. The summed E-state index contributed by atoms with van der Waals surface area (Å²) in [4.78, 5) is 22.3. The number of aliphatic carboxylic acids is 1. The van der Waals surface area contributed by atoms with Gasteiger partial charge in [-0.05, 0) is 17.7 Å². The minimum absolute atomic E-state index is 0.152. The molecule has 1 aromatic rings. The summed E-state index contributed by atoms with van der Waals surface area (Å²) in [5.74, 6) is -1.12. The van der Waals surface area contributed by atoms with Crippen LogP contribution in [0.3, 0.4) is 0 Å². The number of carbonyl (C=O) groups is 2. The first-order chi connectivity index (χ1) is 8.99. The molecule has 6 nitrogen and oxygen atoms in total. The van der Waals surface area contributed by atoms with E-state index in [1.54, 1.807) is 31.2 Å². The molecule has 0 fully saturated rings. The van der Waals surface area contributed by atoms with E-state index in [1.165, 1.54) is 7.11 Å². The van der Waals surface area contributed by atoms with E-state index in [0.29, 0.717) is 11.3 Å². The van der Waals surface area contributed by atoms with Crippen molar-refractivity contribution in [2.75, 3.05) is 7.11 Å². The molecular weight excluding hydrogens is 250 g/mol. The zero-order chi connectivity index (χ0) is 14.4. The molecule has 0 spiro atoms. The van der Waals surface area contributed by atoms with E-state index in [1.807, 2.05) is 0 Å². The zero-order valence-electron chi connectivity index (χ0n) is 10.8. The van der Waals surface area contributed by atoms with Gasteiger partial charge in [0, 0.05) is 6.42 Å². The highest BCUT2D eigenvalue weighted by molar-refractivity contribution is 5.83.